The molecule has 0 fully saturated rings. The van der Waals surface area contributed by atoms with Crippen LogP contribution in [0, 0.1) is 6.92 Å². The van der Waals surface area contributed by atoms with E-state index in [0.717, 1.165) is 18.7 Å². The maximum Gasteiger partial charge on any atom is 0.0369 e. The predicted molar refractivity (Wildman–Crippen MR) is 83.5 cm³/mol. The molecule has 0 heterocycles. The van der Waals surface area contributed by atoms with Crippen molar-refractivity contribution in [2.75, 3.05) is 17.6 Å². The number of nitrogen functional groups attached to an aromatic ring is 1. The number of anilines is 2. The summed E-state index contributed by atoms with van der Waals surface area (Å²) in [4.78, 5) is 0. The lowest BCUT2D eigenvalue weighted by molar-refractivity contribution is 0.763. The number of aryl methyl sites for hydroxylation is 2. The lowest BCUT2D eigenvalue weighted by atomic mass is 10.1. The molecule has 19 heavy (non-hydrogen) atoms. The molecule has 0 bridgehead atoms. The highest BCUT2D eigenvalue weighted by atomic mass is 14.9. The van der Waals surface area contributed by atoms with E-state index in [-0.39, 0.29) is 0 Å². The summed E-state index contributed by atoms with van der Waals surface area (Å²) in [5.41, 5.74) is 10.5. The van der Waals surface area contributed by atoms with E-state index in [2.05, 4.69) is 48.6 Å². The molecule has 3 N–H and O–H groups in total. The molecule has 0 atom stereocenters. The minimum absolute atomic E-state index is 0.857. The Morgan fingerprint density at radius 1 is 1.00 bits per heavy atom. The SMILES string of the molecule is Cc1ccccc1NCCCCc1cccc(N)c1. The first-order valence-electron chi connectivity index (χ1n) is 6.89. The molecule has 0 aliphatic carbocycles. The summed E-state index contributed by atoms with van der Waals surface area (Å²) in [6.07, 6.45) is 3.45. The Morgan fingerprint density at radius 3 is 2.63 bits per heavy atom. The van der Waals surface area contributed by atoms with Crippen molar-refractivity contribution in [3.63, 3.8) is 0 Å². The van der Waals surface area contributed by atoms with Gasteiger partial charge in [0.15, 0.2) is 0 Å². The van der Waals surface area contributed by atoms with Gasteiger partial charge in [-0.3, -0.25) is 0 Å². The van der Waals surface area contributed by atoms with E-state index in [1.165, 1.54) is 29.7 Å². The summed E-state index contributed by atoms with van der Waals surface area (Å²) in [6, 6.07) is 16.6. The van der Waals surface area contributed by atoms with Crippen LogP contribution in [0.1, 0.15) is 24.0 Å². The number of hydrogen-bond donors (Lipinski definition) is 2. The first-order valence-corrected chi connectivity index (χ1v) is 6.89. The van der Waals surface area contributed by atoms with Crippen molar-refractivity contribution in [1.82, 2.24) is 0 Å². The Bertz CT molecular complexity index is 520. The molecule has 2 rings (SSSR count). The van der Waals surface area contributed by atoms with Crippen LogP contribution >= 0.6 is 0 Å². The lowest BCUT2D eigenvalue weighted by Gasteiger charge is -2.09. The highest BCUT2D eigenvalue weighted by molar-refractivity contribution is 5.50. The summed E-state index contributed by atoms with van der Waals surface area (Å²) in [6.45, 7) is 3.16. The number of unbranched alkanes of at least 4 members (excludes halogenated alkanes) is 1. The average Bonchev–Trinajstić information content (AvgIpc) is 2.40. The quantitative estimate of drug-likeness (QED) is 0.603. The molecule has 100 valence electrons. The van der Waals surface area contributed by atoms with Crippen LogP contribution in [-0.4, -0.2) is 6.54 Å². The normalized spacial score (nSPS) is 10.4. The van der Waals surface area contributed by atoms with Crippen molar-refractivity contribution in [2.45, 2.75) is 26.2 Å². The van der Waals surface area contributed by atoms with Gasteiger partial charge in [0.2, 0.25) is 0 Å². The van der Waals surface area contributed by atoms with Gasteiger partial charge in [-0.05, 0) is 55.5 Å². The maximum atomic E-state index is 5.77. The molecule has 0 saturated heterocycles. The second-order valence-corrected chi connectivity index (χ2v) is 4.94. The Morgan fingerprint density at radius 2 is 1.84 bits per heavy atom. The summed E-state index contributed by atoms with van der Waals surface area (Å²) in [5.74, 6) is 0. The fourth-order valence-corrected chi connectivity index (χ4v) is 2.20. The molecule has 0 spiro atoms. The van der Waals surface area contributed by atoms with Crippen molar-refractivity contribution in [2.24, 2.45) is 0 Å². The molecule has 0 unspecified atom stereocenters. The van der Waals surface area contributed by atoms with E-state index in [1.54, 1.807) is 0 Å². The zero-order chi connectivity index (χ0) is 13.5. The van der Waals surface area contributed by atoms with Crippen LogP contribution in [0.5, 0.6) is 0 Å². The summed E-state index contributed by atoms with van der Waals surface area (Å²) >= 11 is 0. The Labute approximate surface area is 115 Å². The molecule has 0 aliphatic heterocycles. The molecule has 0 amide bonds. The first kappa shape index (κ1) is 13.5. The summed E-state index contributed by atoms with van der Waals surface area (Å²) < 4.78 is 0. The molecule has 2 nitrogen and oxygen atoms in total. The van der Waals surface area contributed by atoms with Crippen molar-refractivity contribution < 1.29 is 0 Å². The van der Waals surface area contributed by atoms with Crippen LogP contribution in [0.15, 0.2) is 48.5 Å². The van der Waals surface area contributed by atoms with Crippen LogP contribution < -0.4 is 11.1 Å². The summed E-state index contributed by atoms with van der Waals surface area (Å²) in [7, 11) is 0. The zero-order valence-electron chi connectivity index (χ0n) is 11.5. The second kappa shape index (κ2) is 6.83. The van der Waals surface area contributed by atoms with Gasteiger partial charge in [0.05, 0.1) is 0 Å². The fraction of sp³-hybridized carbons (Fsp3) is 0.294. The van der Waals surface area contributed by atoms with E-state index in [0.29, 0.717) is 0 Å². The van der Waals surface area contributed by atoms with Crippen molar-refractivity contribution >= 4 is 11.4 Å². The molecular formula is C17H22N2. The maximum absolute atomic E-state index is 5.77. The van der Waals surface area contributed by atoms with Crippen molar-refractivity contribution in [3.8, 4) is 0 Å². The number of hydrogen-bond acceptors (Lipinski definition) is 2. The highest BCUT2D eigenvalue weighted by Gasteiger charge is 1.97. The minimum atomic E-state index is 0.857. The first-order chi connectivity index (χ1) is 9.25. The van der Waals surface area contributed by atoms with Gasteiger partial charge in [0.25, 0.3) is 0 Å². The largest absolute Gasteiger partial charge is 0.399 e. The zero-order valence-corrected chi connectivity index (χ0v) is 11.5. The van der Waals surface area contributed by atoms with Gasteiger partial charge in [-0.1, -0.05) is 30.3 Å². The molecule has 0 aliphatic rings. The Balaban J connectivity index is 1.69. The number of nitrogens with one attached hydrogen (secondary N) is 1. The van der Waals surface area contributed by atoms with Crippen LogP contribution in [-0.2, 0) is 6.42 Å². The van der Waals surface area contributed by atoms with E-state index < -0.39 is 0 Å². The number of benzene rings is 2. The molecule has 0 aromatic heterocycles. The van der Waals surface area contributed by atoms with Crippen molar-refractivity contribution in [3.05, 3.63) is 59.7 Å². The van der Waals surface area contributed by atoms with Gasteiger partial charge in [0.1, 0.15) is 0 Å². The molecular weight excluding hydrogens is 232 g/mol. The van der Waals surface area contributed by atoms with Crippen molar-refractivity contribution in [1.29, 1.82) is 0 Å². The third kappa shape index (κ3) is 4.32. The van der Waals surface area contributed by atoms with Gasteiger partial charge in [0, 0.05) is 17.9 Å². The lowest BCUT2D eigenvalue weighted by Crippen LogP contribution is -2.03. The van der Waals surface area contributed by atoms with Gasteiger partial charge in [-0.2, -0.15) is 0 Å². The highest BCUT2D eigenvalue weighted by Crippen LogP contribution is 2.14. The van der Waals surface area contributed by atoms with Crippen LogP contribution in [0.25, 0.3) is 0 Å². The Hall–Kier alpha value is -1.96. The number of rotatable bonds is 6. The van der Waals surface area contributed by atoms with Crippen LogP contribution in [0.3, 0.4) is 0 Å². The topological polar surface area (TPSA) is 38.0 Å². The molecule has 2 aromatic rings. The Kier molecular flexibility index (Phi) is 4.85. The van der Waals surface area contributed by atoms with E-state index in [9.17, 15) is 0 Å². The van der Waals surface area contributed by atoms with Gasteiger partial charge < -0.3 is 11.1 Å². The van der Waals surface area contributed by atoms with Gasteiger partial charge >= 0.3 is 0 Å². The monoisotopic (exact) mass is 254 g/mol. The number of nitrogens with two attached hydrogens (primary N) is 1. The second-order valence-electron chi connectivity index (χ2n) is 4.94. The molecule has 0 saturated carbocycles. The van der Waals surface area contributed by atoms with E-state index in [4.69, 9.17) is 5.73 Å². The van der Waals surface area contributed by atoms with Gasteiger partial charge in [-0.25, -0.2) is 0 Å². The third-order valence-corrected chi connectivity index (χ3v) is 3.30. The number of para-hydroxylation sites is 1. The molecule has 2 aromatic carbocycles. The molecule has 2 heteroatoms. The van der Waals surface area contributed by atoms with E-state index >= 15 is 0 Å². The minimum Gasteiger partial charge on any atom is -0.399 e. The van der Waals surface area contributed by atoms with Crippen LogP contribution in [0.2, 0.25) is 0 Å². The summed E-state index contributed by atoms with van der Waals surface area (Å²) in [5, 5.41) is 3.49. The smallest absolute Gasteiger partial charge is 0.0369 e. The van der Waals surface area contributed by atoms with Gasteiger partial charge in [-0.15, -0.1) is 0 Å². The standard InChI is InChI=1S/C17H22N2/c1-14-7-2-3-11-17(14)19-12-5-4-8-15-9-6-10-16(18)13-15/h2-3,6-7,9-11,13,19H,4-5,8,12,18H2,1H3. The van der Waals surface area contributed by atoms with E-state index in [1.807, 2.05) is 12.1 Å². The fourth-order valence-electron chi connectivity index (χ4n) is 2.20. The molecule has 0 radical (unpaired) electrons. The third-order valence-electron chi connectivity index (χ3n) is 3.30. The average molecular weight is 254 g/mol. The predicted octanol–water partition coefficient (Wildman–Crippen LogP) is 4.01. The van der Waals surface area contributed by atoms with Crippen LogP contribution in [0.4, 0.5) is 11.4 Å².